The molecule has 1 saturated heterocycles. The molecule has 0 radical (unpaired) electrons. The smallest absolute Gasteiger partial charge is 0.225 e. The molecule has 6 nitrogen and oxygen atoms in total. The summed E-state index contributed by atoms with van der Waals surface area (Å²) in [6.07, 6.45) is 1.93. The number of ether oxygens (including phenoxy) is 1. The predicted octanol–water partition coefficient (Wildman–Crippen LogP) is 1.76. The lowest BCUT2D eigenvalue weighted by atomic mass is 10.1. The molecule has 1 aliphatic heterocycles. The Hall–Kier alpha value is -2.89. The maximum absolute atomic E-state index is 12.4. The molecule has 0 aliphatic carbocycles. The Balaban J connectivity index is 1.51. The van der Waals surface area contributed by atoms with Crippen LogP contribution in [0.25, 0.3) is 0 Å². The molecule has 1 N–H and O–H groups in total. The van der Waals surface area contributed by atoms with E-state index in [1.54, 1.807) is 24.3 Å². The van der Waals surface area contributed by atoms with Gasteiger partial charge in [-0.15, -0.1) is 0 Å². The average Bonchev–Trinajstić information content (AvgIpc) is 3.01. The van der Waals surface area contributed by atoms with Gasteiger partial charge in [0.25, 0.3) is 0 Å². The highest BCUT2D eigenvalue weighted by molar-refractivity contribution is 5.89. The number of pyridine rings is 1. The van der Waals surface area contributed by atoms with Crippen molar-refractivity contribution in [2.24, 2.45) is 5.92 Å². The molecule has 130 valence electrons. The standard InChI is InChI=1S/C19H21N3O3/c1-25-17-8-7-15(10-20-17)11-21-19(24)16-9-18(23)22(13-16)12-14-5-3-2-4-6-14/h2-8,10,16H,9,11-13H2,1H3,(H,21,24). The summed E-state index contributed by atoms with van der Waals surface area (Å²) in [6, 6.07) is 13.4. The molecule has 1 unspecified atom stereocenters. The fourth-order valence-corrected chi connectivity index (χ4v) is 2.87. The molecule has 25 heavy (non-hydrogen) atoms. The molecule has 1 aromatic heterocycles. The van der Waals surface area contributed by atoms with Gasteiger partial charge in [-0.25, -0.2) is 4.98 Å². The van der Waals surface area contributed by atoms with E-state index >= 15 is 0 Å². The largest absolute Gasteiger partial charge is 0.481 e. The van der Waals surface area contributed by atoms with E-state index in [-0.39, 0.29) is 24.2 Å². The first-order valence-electron chi connectivity index (χ1n) is 8.24. The number of nitrogens with one attached hydrogen (secondary N) is 1. The molecule has 1 fully saturated rings. The monoisotopic (exact) mass is 339 g/mol. The summed E-state index contributed by atoms with van der Waals surface area (Å²) in [4.78, 5) is 30.4. The van der Waals surface area contributed by atoms with Crippen LogP contribution < -0.4 is 10.1 Å². The summed E-state index contributed by atoms with van der Waals surface area (Å²) in [6.45, 7) is 1.39. The van der Waals surface area contributed by atoms with Crippen LogP contribution in [0.15, 0.2) is 48.7 Å². The molecule has 1 aliphatic rings. The van der Waals surface area contributed by atoms with Crippen molar-refractivity contribution >= 4 is 11.8 Å². The SMILES string of the molecule is COc1ccc(CNC(=O)C2CC(=O)N(Cc3ccccc3)C2)cn1. The van der Waals surface area contributed by atoms with E-state index in [2.05, 4.69) is 10.3 Å². The summed E-state index contributed by atoms with van der Waals surface area (Å²) in [5.41, 5.74) is 1.96. The number of hydrogen-bond donors (Lipinski definition) is 1. The van der Waals surface area contributed by atoms with Crippen LogP contribution in [0.2, 0.25) is 0 Å². The van der Waals surface area contributed by atoms with Crippen molar-refractivity contribution in [2.75, 3.05) is 13.7 Å². The Morgan fingerprint density at radius 1 is 1.24 bits per heavy atom. The first-order valence-corrected chi connectivity index (χ1v) is 8.24. The number of methoxy groups -OCH3 is 1. The van der Waals surface area contributed by atoms with Crippen molar-refractivity contribution in [1.29, 1.82) is 0 Å². The number of nitrogens with zero attached hydrogens (tertiary/aromatic N) is 2. The second-order valence-electron chi connectivity index (χ2n) is 6.09. The van der Waals surface area contributed by atoms with Crippen LogP contribution in [-0.2, 0) is 22.7 Å². The fourth-order valence-electron chi connectivity index (χ4n) is 2.87. The third kappa shape index (κ3) is 4.35. The lowest BCUT2D eigenvalue weighted by molar-refractivity contribution is -0.129. The Morgan fingerprint density at radius 2 is 2.04 bits per heavy atom. The van der Waals surface area contributed by atoms with Crippen LogP contribution in [0.4, 0.5) is 0 Å². The third-order valence-corrected chi connectivity index (χ3v) is 4.28. The third-order valence-electron chi connectivity index (χ3n) is 4.28. The van der Waals surface area contributed by atoms with Gasteiger partial charge in [0.05, 0.1) is 13.0 Å². The molecule has 0 bridgehead atoms. The van der Waals surface area contributed by atoms with Crippen LogP contribution in [0.3, 0.4) is 0 Å². The normalized spacial score (nSPS) is 16.8. The number of aromatic nitrogens is 1. The minimum atomic E-state index is -0.303. The topological polar surface area (TPSA) is 71.5 Å². The maximum atomic E-state index is 12.4. The Morgan fingerprint density at radius 3 is 2.72 bits per heavy atom. The van der Waals surface area contributed by atoms with Gasteiger partial charge in [-0.05, 0) is 11.1 Å². The van der Waals surface area contributed by atoms with Crippen molar-refractivity contribution in [2.45, 2.75) is 19.5 Å². The van der Waals surface area contributed by atoms with Crippen molar-refractivity contribution in [1.82, 2.24) is 15.2 Å². The second kappa shape index (κ2) is 7.79. The Labute approximate surface area is 146 Å². The molecule has 0 saturated carbocycles. The molecule has 2 aromatic rings. The minimum Gasteiger partial charge on any atom is -0.481 e. The van der Waals surface area contributed by atoms with E-state index in [1.165, 1.54) is 0 Å². The Bertz CT molecular complexity index is 731. The molecular weight excluding hydrogens is 318 g/mol. The first kappa shape index (κ1) is 17.0. The van der Waals surface area contributed by atoms with Crippen LogP contribution in [0.1, 0.15) is 17.5 Å². The van der Waals surface area contributed by atoms with Gasteiger partial charge in [-0.3, -0.25) is 9.59 Å². The van der Waals surface area contributed by atoms with E-state index in [0.29, 0.717) is 25.5 Å². The quantitative estimate of drug-likeness (QED) is 0.870. The van der Waals surface area contributed by atoms with Crippen LogP contribution in [-0.4, -0.2) is 35.4 Å². The van der Waals surface area contributed by atoms with Crippen LogP contribution in [0, 0.1) is 5.92 Å². The molecule has 2 amide bonds. The van der Waals surface area contributed by atoms with E-state index in [4.69, 9.17) is 4.74 Å². The summed E-state index contributed by atoms with van der Waals surface area (Å²) in [5, 5.41) is 2.88. The Kier molecular flexibility index (Phi) is 5.28. The summed E-state index contributed by atoms with van der Waals surface area (Å²) >= 11 is 0. The number of carbonyl (C=O) groups excluding carboxylic acids is 2. The highest BCUT2D eigenvalue weighted by Crippen LogP contribution is 2.20. The van der Waals surface area contributed by atoms with Crippen LogP contribution in [0.5, 0.6) is 5.88 Å². The van der Waals surface area contributed by atoms with Crippen LogP contribution >= 0.6 is 0 Å². The van der Waals surface area contributed by atoms with E-state index in [0.717, 1.165) is 11.1 Å². The summed E-state index contributed by atoms with van der Waals surface area (Å²) in [5.74, 6) is 0.158. The summed E-state index contributed by atoms with van der Waals surface area (Å²) in [7, 11) is 1.56. The van der Waals surface area contributed by atoms with Gasteiger partial charge >= 0.3 is 0 Å². The number of carbonyl (C=O) groups is 2. The first-order chi connectivity index (χ1) is 12.2. The predicted molar refractivity (Wildman–Crippen MR) is 92.6 cm³/mol. The van der Waals surface area contributed by atoms with Crippen molar-refractivity contribution in [3.05, 3.63) is 59.8 Å². The molecule has 1 atom stereocenters. The van der Waals surface area contributed by atoms with Gasteiger partial charge in [0, 0.05) is 38.3 Å². The van der Waals surface area contributed by atoms with Gasteiger partial charge in [0.1, 0.15) is 0 Å². The fraction of sp³-hybridized carbons (Fsp3) is 0.316. The minimum absolute atomic E-state index is 0.0233. The number of hydrogen-bond acceptors (Lipinski definition) is 4. The van der Waals surface area contributed by atoms with Gasteiger partial charge in [0.2, 0.25) is 17.7 Å². The number of benzene rings is 1. The zero-order chi connectivity index (χ0) is 17.6. The molecule has 3 rings (SSSR count). The number of likely N-dealkylation sites (tertiary alicyclic amines) is 1. The van der Waals surface area contributed by atoms with Gasteiger partial charge in [0.15, 0.2) is 0 Å². The lowest BCUT2D eigenvalue weighted by Crippen LogP contribution is -2.32. The highest BCUT2D eigenvalue weighted by Gasteiger charge is 2.34. The van der Waals surface area contributed by atoms with Crippen molar-refractivity contribution in [3.8, 4) is 5.88 Å². The summed E-state index contributed by atoms with van der Waals surface area (Å²) < 4.78 is 5.01. The van der Waals surface area contributed by atoms with Gasteiger partial charge in [-0.1, -0.05) is 36.4 Å². The van der Waals surface area contributed by atoms with Gasteiger partial charge in [-0.2, -0.15) is 0 Å². The molecule has 6 heteroatoms. The van der Waals surface area contributed by atoms with E-state index in [1.807, 2.05) is 36.4 Å². The van der Waals surface area contributed by atoms with Crippen molar-refractivity contribution < 1.29 is 14.3 Å². The molecular formula is C19H21N3O3. The zero-order valence-corrected chi connectivity index (χ0v) is 14.1. The zero-order valence-electron chi connectivity index (χ0n) is 14.1. The van der Waals surface area contributed by atoms with E-state index in [9.17, 15) is 9.59 Å². The molecule has 2 heterocycles. The number of amides is 2. The maximum Gasteiger partial charge on any atom is 0.225 e. The van der Waals surface area contributed by atoms with Crippen molar-refractivity contribution in [3.63, 3.8) is 0 Å². The second-order valence-corrected chi connectivity index (χ2v) is 6.09. The molecule has 0 spiro atoms. The number of rotatable bonds is 6. The average molecular weight is 339 g/mol. The van der Waals surface area contributed by atoms with E-state index < -0.39 is 0 Å². The highest BCUT2D eigenvalue weighted by atomic mass is 16.5. The lowest BCUT2D eigenvalue weighted by Gasteiger charge is -2.16. The van der Waals surface area contributed by atoms with Gasteiger partial charge < -0.3 is 15.0 Å². The molecule has 1 aromatic carbocycles.